The molecule has 2 unspecified atom stereocenters. The molecule has 8 atom stereocenters. The number of cyclic esters (lactones) is 1. The number of fused-ring (bicyclic) bond motifs is 5. The summed E-state index contributed by atoms with van der Waals surface area (Å²) in [4.78, 5) is 38.0. The van der Waals surface area contributed by atoms with Gasteiger partial charge < -0.3 is 14.9 Å². The van der Waals surface area contributed by atoms with Crippen LogP contribution in [0.5, 0.6) is 0 Å². The predicted molar refractivity (Wildman–Crippen MR) is 121 cm³/mol. The predicted octanol–water partition coefficient (Wildman–Crippen LogP) is 3.44. The van der Waals surface area contributed by atoms with Crippen LogP contribution >= 0.6 is 0 Å². The van der Waals surface area contributed by atoms with Crippen LogP contribution in [-0.4, -0.2) is 45.1 Å². The summed E-state index contributed by atoms with van der Waals surface area (Å²) in [6.45, 7) is 6.15. The number of hydrogen-bond acceptors (Lipinski definition) is 6. The molecule has 2 N–H and O–H groups in total. The molecule has 6 heteroatoms. The first-order valence-electron chi connectivity index (χ1n) is 12.6. The van der Waals surface area contributed by atoms with Crippen LogP contribution in [0.25, 0.3) is 0 Å². The van der Waals surface area contributed by atoms with E-state index in [1.807, 2.05) is 6.08 Å². The maximum atomic E-state index is 13.4. The van der Waals surface area contributed by atoms with E-state index in [9.17, 15) is 24.6 Å². The Morgan fingerprint density at radius 3 is 2.52 bits per heavy atom. The van der Waals surface area contributed by atoms with Gasteiger partial charge in [0.2, 0.25) is 0 Å². The highest BCUT2D eigenvalue weighted by Crippen LogP contribution is 2.68. The second kappa shape index (κ2) is 7.35. The lowest BCUT2D eigenvalue weighted by molar-refractivity contribution is -0.231. The normalized spacial score (nSPS) is 49.5. The van der Waals surface area contributed by atoms with Crippen LogP contribution in [0.1, 0.15) is 78.6 Å². The molecular weight excluding hydrogens is 420 g/mol. The van der Waals surface area contributed by atoms with Crippen molar-refractivity contribution in [3.8, 4) is 0 Å². The quantitative estimate of drug-likeness (QED) is 0.618. The Balaban J connectivity index is 1.56. The van der Waals surface area contributed by atoms with Crippen molar-refractivity contribution >= 4 is 17.5 Å². The fourth-order valence-electron chi connectivity index (χ4n) is 8.49. The third-order valence-electron chi connectivity index (χ3n) is 10.4. The Kier molecular flexibility index (Phi) is 5.12. The van der Waals surface area contributed by atoms with Gasteiger partial charge in [-0.25, -0.2) is 0 Å². The van der Waals surface area contributed by atoms with Gasteiger partial charge >= 0.3 is 5.97 Å². The molecule has 0 radical (unpaired) electrons. The zero-order chi connectivity index (χ0) is 23.8. The number of rotatable bonds is 2. The molecule has 1 aliphatic heterocycles. The van der Waals surface area contributed by atoms with Crippen molar-refractivity contribution in [2.45, 2.75) is 95.9 Å². The third-order valence-corrected chi connectivity index (χ3v) is 10.4. The molecule has 3 fully saturated rings. The van der Waals surface area contributed by atoms with Crippen molar-refractivity contribution in [3.05, 3.63) is 23.8 Å². The maximum Gasteiger partial charge on any atom is 0.309 e. The fraction of sp³-hybridized carbons (Fsp3) is 0.741. The minimum absolute atomic E-state index is 0.0491. The van der Waals surface area contributed by atoms with Crippen LogP contribution in [0, 0.1) is 28.6 Å². The van der Waals surface area contributed by atoms with Gasteiger partial charge in [-0.05, 0) is 73.3 Å². The Hall–Kier alpha value is -1.79. The Morgan fingerprint density at radius 1 is 1.06 bits per heavy atom. The van der Waals surface area contributed by atoms with E-state index >= 15 is 0 Å². The molecule has 1 saturated heterocycles. The molecule has 0 bridgehead atoms. The molecule has 0 aromatic rings. The average molecular weight is 457 g/mol. The van der Waals surface area contributed by atoms with E-state index in [1.165, 1.54) is 0 Å². The van der Waals surface area contributed by atoms with Gasteiger partial charge in [0.1, 0.15) is 5.60 Å². The van der Waals surface area contributed by atoms with Crippen LogP contribution in [0.4, 0.5) is 0 Å². The zero-order valence-corrected chi connectivity index (χ0v) is 19.9. The van der Waals surface area contributed by atoms with E-state index in [-0.39, 0.29) is 48.1 Å². The number of allylic oxidation sites excluding steroid dienone is 4. The summed E-state index contributed by atoms with van der Waals surface area (Å²) in [5.41, 5.74) is -2.62. The molecule has 1 heterocycles. The number of ketones is 2. The lowest BCUT2D eigenvalue weighted by atomic mass is 9.46. The van der Waals surface area contributed by atoms with E-state index < -0.39 is 28.7 Å². The molecular formula is C27H36O6. The van der Waals surface area contributed by atoms with Crippen molar-refractivity contribution in [1.82, 2.24) is 0 Å². The summed E-state index contributed by atoms with van der Waals surface area (Å²) in [7, 11) is 0. The minimum atomic E-state index is -1.62. The lowest BCUT2D eigenvalue weighted by Crippen LogP contribution is -2.68. The van der Waals surface area contributed by atoms with E-state index in [0.29, 0.717) is 18.8 Å². The number of hydrogen-bond donors (Lipinski definition) is 2. The summed E-state index contributed by atoms with van der Waals surface area (Å²) in [6, 6.07) is 0. The second-order valence-corrected chi connectivity index (χ2v) is 11.6. The number of ether oxygens (including phenoxy) is 1. The fourth-order valence-corrected chi connectivity index (χ4v) is 8.49. The molecule has 33 heavy (non-hydrogen) atoms. The molecule has 4 aliphatic carbocycles. The standard InChI is InChI=1S/C27H36O6/c1-4-26(22(30)14-18(29)15-23(31)33-26)27(32)12-9-21-19-6-5-16-13-17(28)7-10-24(16,2)20(19)8-11-25(21,27)3/h5-6,13,18-21,29,32H,4,7-12,14-15H2,1-3H3/t18?,19-,20+,21?,24-,25-,26-,27-/m0/s1. The topological polar surface area (TPSA) is 101 Å². The summed E-state index contributed by atoms with van der Waals surface area (Å²) in [6.07, 6.45) is 9.09. The van der Waals surface area contributed by atoms with E-state index in [1.54, 1.807) is 6.92 Å². The first-order chi connectivity index (χ1) is 15.5. The molecule has 5 aliphatic rings. The number of esters is 1. The Morgan fingerprint density at radius 2 is 1.79 bits per heavy atom. The number of aliphatic hydroxyl groups excluding tert-OH is 1. The van der Waals surface area contributed by atoms with Crippen LogP contribution in [0.2, 0.25) is 0 Å². The largest absolute Gasteiger partial charge is 0.448 e. The van der Waals surface area contributed by atoms with Gasteiger partial charge in [-0.2, -0.15) is 0 Å². The first-order valence-corrected chi connectivity index (χ1v) is 12.6. The van der Waals surface area contributed by atoms with Crippen molar-refractivity contribution < 1.29 is 29.3 Å². The smallest absolute Gasteiger partial charge is 0.309 e. The van der Waals surface area contributed by atoms with Crippen LogP contribution < -0.4 is 0 Å². The van der Waals surface area contributed by atoms with Gasteiger partial charge in [-0.1, -0.05) is 32.9 Å². The summed E-state index contributed by atoms with van der Waals surface area (Å²) in [5, 5.41) is 22.5. The molecule has 0 spiro atoms. The van der Waals surface area contributed by atoms with Gasteiger partial charge in [-0.15, -0.1) is 0 Å². The zero-order valence-electron chi connectivity index (χ0n) is 19.9. The Labute approximate surface area is 195 Å². The van der Waals surface area contributed by atoms with Gasteiger partial charge in [0.25, 0.3) is 0 Å². The van der Waals surface area contributed by atoms with Gasteiger partial charge in [0, 0.05) is 18.3 Å². The van der Waals surface area contributed by atoms with Gasteiger partial charge in [0.15, 0.2) is 17.2 Å². The maximum absolute atomic E-state index is 13.4. The minimum Gasteiger partial charge on any atom is -0.448 e. The highest BCUT2D eigenvalue weighted by Gasteiger charge is 2.72. The molecule has 0 amide bonds. The molecule has 6 nitrogen and oxygen atoms in total. The monoisotopic (exact) mass is 456 g/mol. The van der Waals surface area contributed by atoms with E-state index in [4.69, 9.17) is 4.74 Å². The SMILES string of the molecule is CC[C@]1([C@]2(O)CCC3[C@H]4C=CC5=CC(=O)CC[C@]5(C)[C@@H]4CC[C@@]32C)OC(=O)CC(O)CC1=O. The third kappa shape index (κ3) is 2.89. The second-order valence-electron chi connectivity index (χ2n) is 11.6. The number of aliphatic hydroxyl groups is 2. The summed E-state index contributed by atoms with van der Waals surface area (Å²) in [5.74, 6) is -0.00908. The highest BCUT2D eigenvalue weighted by molar-refractivity contribution is 5.94. The molecule has 0 aromatic heterocycles. The average Bonchev–Trinajstić information content (AvgIpc) is 2.97. The summed E-state index contributed by atoms with van der Waals surface area (Å²) >= 11 is 0. The molecule has 2 saturated carbocycles. The van der Waals surface area contributed by atoms with Crippen molar-refractivity contribution in [2.75, 3.05) is 0 Å². The van der Waals surface area contributed by atoms with Crippen LogP contribution in [-0.2, 0) is 19.1 Å². The number of carbonyl (C=O) groups is 3. The first kappa shape index (κ1) is 23.0. The highest BCUT2D eigenvalue weighted by atomic mass is 16.6. The number of Topliss-reactive ketones (excluding diaryl/α,β-unsaturated/α-hetero) is 1. The Bertz CT molecular complexity index is 966. The van der Waals surface area contributed by atoms with Crippen LogP contribution in [0.15, 0.2) is 23.8 Å². The van der Waals surface area contributed by atoms with Crippen molar-refractivity contribution in [1.29, 1.82) is 0 Å². The number of carbonyl (C=O) groups excluding carboxylic acids is 3. The van der Waals surface area contributed by atoms with E-state index in [0.717, 1.165) is 31.3 Å². The van der Waals surface area contributed by atoms with E-state index in [2.05, 4.69) is 26.0 Å². The molecule has 5 rings (SSSR count). The molecule has 0 aromatic carbocycles. The van der Waals surface area contributed by atoms with Gasteiger partial charge in [0.05, 0.1) is 12.5 Å². The summed E-state index contributed by atoms with van der Waals surface area (Å²) < 4.78 is 5.82. The van der Waals surface area contributed by atoms with Gasteiger partial charge in [-0.3, -0.25) is 14.4 Å². The lowest BCUT2D eigenvalue weighted by Gasteiger charge is -2.59. The van der Waals surface area contributed by atoms with Crippen LogP contribution in [0.3, 0.4) is 0 Å². The van der Waals surface area contributed by atoms with Crippen molar-refractivity contribution in [3.63, 3.8) is 0 Å². The van der Waals surface area contributed by atoms with Crippen molar-refractivity contribution in [2.24, 2.45) is 28.6 Å². The molecule has 180 valence electrons.